The third-order valence-electron chi connectivity index (χ3n) is 2.66. The number of hydrogen-bond donors (Lipinski definition) is 2. The Morgan fingerprint density at radius 3 is 2.53 bits per heavy atom. The maximum Gasteiger partial charge on any atom is 0.0772 e. The molecule has 0 saturated carbocycles. The van der Waals surface area contributed by atoms with E-state index in [9.17, 15) is 5.11 Å². The van der Waals surface area contributed by atoms with Crippen molar-refractivity contribution in [2.75, 3.05) is 24.6 Å². The summed E-state index contributed by atoms with van der Waals surface area (Å²) in [5.41, 5.74) is 1.95. The van der Waals surface area contributed by atoms with Crippen molar-refractivity contribution in [2.24, 2.45) is 0 Å². The summed E-state index contributed by atoms with van der Waals surface area (Å²) in [4.78, 5) is 2.14. The first-order chi connectivity index (χ1) is 8.10. The molecule has 1 atom stereocenters. The van der Waals surface area contributed by atoms with E-state index in [2.05, 4.69) is 27.8 Å². The lowest BCUT2D eigenvalue weighted by atomic mass is 10.1. The van der Waals surface area contributed by atoms with Crippen LogP contribution in [0.15, 0.2) is 22.7 Å². The molecule has 0 amide bonds. The Balaban J connectivity index is 2.93. The van der Waals surface area contributed by atoms with Gasteiger partial charge in [-0.25, -0.2) is 0 Å². The Hall–Kier alpha value is -0.580. The predicted molar refractivity (Wildman–Crippen MR) is 74.4 cm³/mol. The maximum absolute atomic E-state index is 9.56. The summed E-state index contributed by atoms with van der Waals surface area (Å²) in [6, 6.07) is 5.90. The van der Waals surface area contributed by atoms with Gasteiger partial charge in [0.15, 0.2) is 0 Å². The highest BCUT2D eigenvalue weighted by atomic mass is 79.9. The van der Waals surface area contributed by atoms with Crippen LogP contribution in [0.5, 0.6) is 0 Å². The van der Waals surface area contributed by atoms with Gasteiger partial charge in [0.2, 0.25) is 0 Å². The summed E-state index contributed by atoms with van der Waals surface area (Å²) < 4.78 is 0.907. The second kappa shape index (κ2) is 6.99. The number of anilines is 1. The molecular formula is C13H20BrNO2. The van der Waals surface area contributed by atoms with Gasteiger partial charge in [0.25, 0.3) is 0 Å². The molecule has 1 aromatic rings. The van der Waals surface area contributed by atoms with Gasteiger partial charge in [-0.3, -0.25) is 0 Å². The van der Waals surface area contributed by atoms with Crippen molar-refractivity contribution in [2.45, 2.75) is 26.4 Å². The van der Waals surface area contributed by atoms with E-state index < -0.39 is 6.10 Å². The Morgan fingerprint density at radius 2 is 2.06 bits per heavy atom. The first-order valence-electron chi connectivity index (χ1n) is 5.93. The molecule has 0 aromatic heterocycles. The van der Waals surface area contributed by atoms with Gasteiger partial charge in [-0.2, -0.15) is 0 Å². The van der Waals surface area contributed by atoms with Crippen LogP contribution in [0.4, 0.5) is 5.69 Å². The van der Waals surface area contributed by atoms with E-state index in [1.165, 1.54) is 0 Å². The molecule has 0 heterocycles. The minimum absolute atomic E-state index is 0.149. The molecule has 2 N–H and O–H groups in total. The van der Waals surface area contributed by atoms with Gasteiger partial charge < -0.3 is 15.1 Å². The normalized spacial score (nSPS) is 12.5. The molecule has 0 unspecified atom stereocenters. The van der Waals surface area contributed by atoms with E-state index in [1.807, 2.05) is 18.2 Å². The standard InChI is InChI=1S/C13H20BrNO2/c1-3-6-15(7-8-16)11-4-5-12(10(2)17)13(14)9-11/h4-5,9-10,16-17H,3,6-8H2,1-2H3/t10-/m1/s1. The molecule has 1 aromatic carbocycles. The van der Waals surface area contributed by atoms with Crippen molar-refractivity contribution < 1.29 is 10.2 Å². The number of nitrogens with zero attached hydrogens (tertiary/aromatic N) is 1. The fourth-order valence-corrected chi connectivity index (χ4v) is 2.51. The molecule has 96 valence electrons. The van der Waals surface area contributed by atoms with E-state index >= 15 is 0 Å². The second-order valence-corrected chi connectivity index (χ2v) is 4.95. The first kappa shape index (κ1) is 14.5. The van der Waals surface area contributed by atoms with Crippen molar-refractivity contribution in [3.05, 3.63) is 28.2 Å². The fraction of sp³-hybridized carbons (Fsp3) is 0.538. The van der Waals surface area contributed by atoms with E-state index in [-0.39, 0.29) is 6.61 Å². The Morgan fingerprint density at radius 1 is 1.35 bits per heavy atom. The lowest BCUT2D eigenvalue weighted by Crippen LogP contribution is -2.27. The molecule has 0 fully saturated rings. The van der Waals surface area contributed by atoms with Gasteiger partial charge in [-0.15, -0.1) is 0 Å². The van der Waals surface area contributed by atoms with Gasteiger partial charge in [0.05, 0.1) is 12.7 Å². The smallest absolute Gasteiger partial charge is 0.0772 e. The SMILES string of the molecule is CCCN(CCO)c1ccc([C@@H](C)O)c(Br)c1. The lowest BCUT2D eigenvalue weighted by molar-refractivity contribution is 0.198. The predicted octanol–water partition coefficient (Wildman–Crippen LogP) is 2.71. The highest BCUT2D eigenvalue weighted by Gasteiger charge is 2.10. The zero-order valence-electron chi connectivity index (χ0n) is 10.4. The highest BCUT2D eigenvalue weighted by molar-refractivity contribution is 9.10. The minimum Gasteiger partial charge on any atom is -0.395 e. The third-order valence-corrected chi connectivity index (χ3v) is 3.35. The van der Waals surface area contributed by atoms with E-state index in [0.29, 0.717) is 6.54 Å². The molecule has 0 bridgehead atoms. The van der Waals surface area contributed by atoms with Crippen molar-refractivity contribution in [1.29, 1.82) is 0 Å². The molecule has 0 aliphatic rings. The molecule has 17 heavy (non-hydrogen) atoms. The third kappa shape index (κ3) is 3.98. The molecular weight excluding hydrogens is 282 g/mol. The van der Waals surface area contributed by atoms with Crippen LogP contribution in [0.2, 0.25) is 0 Å². The summed E-state index contributed by atoms with van der Waals surface area (Å²) in [7, 11) is 0. The zero-order chi connectivity index (χ0) is 12.8. The van der Waals surface area contributed by atoms with Crippen LogP contribution in [-0.4, -0.2) is 29.9 Å². The van der Waals surface area contributed by atoms with E-state index in [0.717, 1.165) is 28.7 Å². The summed E-state index contributed by atoms with van der Waals surface area (Å²) in [6.45, 7) is 5.56. The second-order valence-electron chi connectivity index (χ2n) is 4.09. The van der Waals surface area contributed by atoms with Gasteiger partial charge >= 0.3 is 0 Å². The molecule has 0 spiro atoms. The lowest BCUT2D eigenvalue weighted by Gasteiger charge is -2.24. The Kier molecular flexibility index (Phi) is 5.95. The fourth-order valence-electron chi connectivity index (χ4n) is 1.81. The van der Waals surface area contributed by atoms with Gasteiger partial charge in [0, 0.05) is 23.2 Å². The quantitative estimate of drug-likeness (QED) is 0.849. The number of aliphatic hydroxyl groups excluding tert-OH is 2. The number of benzene rings is 1. The van der Waals surface area contributed by atoms with Gasteiger partial charge in [-0.1, -0.05) is 28.9 Å². The largest absolute Gasteiger partial charge is 0.395 e. The van der Waals surface area contributed by atoms with Crippen LogP contribution >= 0.6 is 15.9 Å². The van der Waals surface area contributed by atoms with Crippen LogP contribution < -0.4 is 4.90 Å². The van der Waals surface area contributed by atoms with Crippen molar-refractivity contribution in [3.8, 4) is 0 Å². The van der Waals surface area contributed by atoms with Gasteiger partial charge in [0.1, 0.15) is 0 Å². The molecule has 0 aliphatic carbocycles. The van der Waals surface area contributed by atoms with E-state index in [4.69, 9.17) is 5.11 Å². The monoisotopic (exact) mass is 301 g/mol. The maximum atomic E-state index is 9.56. The molecule has 0 radical (unpaired) electrons. The highest BCUT2D eigenvalue weighted by Crippen LogP contribution is 2.28. The summed E-state index contributed by atoms with van der Waals surface area (Å²) in [5, 5.41) is 18.6. The summed E-state index contributed by atoms with van der Waals surface area (Å²) in [6.07, 6.45) is 0.561. The molecule has 4 heteroatoms. The summed E-state index contributed by atoms with van der Waals surface area (Å²) in [5.74, 6) is 0. The van der Waals surface area contributed by atoms with Gasteiger partial charge in [-0.05, 0) is 31.0 Å². The average molecular weight is 302 g/mol. The van der Waals surface area contributed by atoms with Crippen molar-refractivity contribution in [1.82, 2.24) is 0 Å². The Bertz CT molecular complexity index is 349. The minimum atomic E-state index is -0.476. The molecule has 0 aliphatic heterocycles. The number of hydrogen-bond acceptors (Lipinski definition) is 3. The van der Waals surface area contributed by atoms with Crippen LogP contribution in [0.1, 0.15) is 31.9 Å². The number of halogens is 1. The molecule has 1 rings (SSSR count). The first-order valence-corrected chi connectivity index (χ1v) is 6.72. The van der Waals surface area contributed by atoms with E-state index in [1.54, 1.807) is 6.92 Å². The van der Waals surface area contributed by atoms with Crippen molar-refractivity contribution in [3.63, 3.8) is 0 Å². The van der Waals surface area contributed by atoms with Crippen LogP contribution in [-0.2, 0) is 0 Å². The summed E-state index contributed by atoms with van der Waals surface area (Å²) >= 11 is 3.47. The van der Waals surface area contributed by atoms with Crippen LogP contribution in [0.3, 0.4) is 0 Å². The molecule has 0 saturated heterocycles. The number of rotatable bonds is 6. The molecule has 3 nitrogen and oxygen atoms in total. The number of aliphatic hydroxyl groups is 2. The van der Waals surface area contributed by atoms with Crippen molar-refractivity contribution >= 4 is 21.6 Å². The van der Waals surface area contributed by atoms with Crippen LogP contribution in [0.25, 0.3) is 0 Å². The average Bonchev–Trinajstić information content (AvgIpc) is 2.28. The zero-order valence-corrected chi connectivity index (χ0v) is 11.9. The Labute approximate surface area is 111 Å². The topological polar surface area (TPSA) is 43.7 Å². The van der Waals surface area contributed by atoms with Crippen LogP contribution in [0, 0.1) is 0 Å².